The van der Waals surface area contributed by atoms with Gasteiger partial charge in [0.2, 0.25) is 11.8 Å². The summed E-state index contributed by atoms with van der Waals surface area (Å²) in [6.07, 6.45) is 14.6. The van der Waals surface area contributed by atoms with Crippen molar-refractivity contribution < 1.29 is 14.6 Å². The number of rotatable bonds is 20. The number of aliphatic hydroxyl groups is 1. The number of nitrogens with two attached hydrogens (primary N) is 1. The number of carbonyl (C=O) groups is 1. The summed E-state index contributed by atoms with van der Waals surface area (Å²) in [5, 5.41) is 16.4. The van der Waals surface area contributed by atoms with Gasteiger partial charge in [-0.3, -0.25) is 4.79 Å². The molecule has 60 heavy (non-hydrogen) atoms. The van der Waals surface area contributed by atoms with E-state index in [9.17, 15) is 9.90 Å². The van der Waals surface area contributed by atoms with E-state index in [0.29, 0.717) is 36.4 Å². The van der Waals surface area contributed by atoms with Gasteiger partial charge in [-0.05, 0) is 74.3 Å². The van der Waals surface area contributed by atoms with Crippen molar-refractivity contribution in [3.05, 3.63) is 59.9 Å². The number of hydrogen-bond donors (Lipinski definition) is 4. The molecule has 5 N–H and O–H groups in total. The Kier molecular flexibility index (Phi) is 15.6. The molecule has 1 saturated carbocycles. The van der Waals surface area contributed by atoms with Gasteiger partial charge in [-0.1, -0.05) is 40.7 Å². The van der Waals surface area contributed by atoms with Crippen molar-refractivity contribution >= 4 is 29.1 Å². The summed E-state index contributed by atoms with van der Waals surface area (Å²) in [4.78, 5) is 45.7. The Morgan fingerprint density at radius 2 is 1.70 bits per heavy atom. The Morgan fingerprint density at radius 1 is 0.983 bits per heavy atom. The third kappa shape index (κ3) is 11.8. The minimum atomic E-state index is -0.104. The van der Waals surface area contributed by atoms with Crippen molar-refractivity contribution in [3.63, 3.8) is 0 Å². The van der Waals surface area contributed by atoms with Crippen LogP contribution in [0.4, 0.5) is 17.6 Å². The Labute approximate surface area is 357 Å². The largest absolute Gasteiger partial charge is 0.478 e. The monoisotopic (exact) mass is 827 g/mol. The van der Waals surface area contributed by atoms with E-state index in [2.05, 4.69) is 79.8 Å². The van der Waals surface area contributed by atoms with Gasteiger partial charge in [0, 0.05) is 121 Å². The van der Waals surface area contributed by atoms with Crippen molar-refractivity contribution in [3.8, 4) is 5.88 Å². The van der Waals surface area contributed by atoms with Crippen molar-refractivity contribution in [2.24, 2.45) is 16.6 Å². The first-order chi connectivity index (χ1) is 28.9. The smallest absolute Gasteiger partial charge is 0.254 e. The van der Waals surface area contributed by atoms with Gasteiger partial charge in [-0.25, -0.2) is 24.9 Å². The molecule has 0 spiro atoms. The number of aromatic nitrogens is 5. The highest BCUT2D eigenvalue weighted by Crippen LogP contribution is 2.53. The number of nitrogens with zero attached hydrogens (tertiary/aromatic N) is 9. The maximum absolute atomic E-state index is 12.9. The maximum Gasteiger partial charge on any atom is 0.254 e. The van der Waals surface area contributed by atoms with E-state index in [1.54, 1.807) is 18.6 Å². The SMILES string of the molecule is CCC(=CN)c1nc(NCc2ccc(OCCCN3CCN(CCCN(C)c4ncc(C(=O)NC5C(C)(C)CC5(C)C)cn4)CC3)nc2)cc(N2CCCCC2CCO)n1. The predicted molar refractivity (Wildman–Crippen MR) is 239 cm³/mol. The molecule has 0 aromatic carbocycles. The van der Waals surface area contributed by atoms with E-state index >= 15 is 0 Å². The van der Waals surface area contributed by atoms with Crippen LogP contribution >= 0.6 is 0 Å². The van der Waals surface area contributed by atoms with Gasteiger partial charge in [0.05, 0.1) is 12.2 Å². The zero-order valence-corrected chi connectivity index (χ0v) is 37.0. The topological polar surface area (TPSA) is 174 Å². The second-order valence-corrected chi connectivity index (χ2v) is 18.2. The van der Waals surface area contributed by atoms with E-state index < -0.39 is 0 Å². The molecule has 3 aromatic rings. The van der Waals surface area contributed by atoms with Gasteiger partial charge >= 0.3 is 0 Å². The van der Waals surface area contributed by atoms with Crippen LogP contribution in [0.25, 0.3) is 5.57 Å². The molecule has 0 radical (unpaired) electrons. The first-order valence-electron chi connectivity index (χ1n) is 22.2. The van der Waals surface area contributed by atoms with Crippen LogP contribution in [0.1, 0.15) is 108 Å². The summed E-state index contributed by atoms with van der Waals surface area (Å²) in [5.41, 5.74) is 8.56. The van der Waals surface area contributed by atoms with Gasteiger partial charge in [0.25, 0.3) is 5.91 Å². The average molecular weight is 827 g/mol. The summed E-state index contributed by atoms with van der Waals surface area (Å²) in [6, 6.07) is 6.37. The molecule has 2 saturated heterocycles. The Morgan fingerprint density at radius 3 is 2.33 bits per heavy atom. The lowest BCUT2D eigenvalue weighted by Crippen LogP contribution is -2.63. The second kappa shape index (κ2) is 20.8. The van der Waals surface area contributed by atoms with Crippen LogP contribution in [0.2, 0.25) is 0 Å². The number of piperidine rings is 1. The van der Waals surface area contributed by atoms with E-state index in [0.717, 1.165) is 126 Å². The summed E-state index contributed by atoms with van der Waals surface area (Å²) >= 11 is 0. The van der Waals surface area contributed by atoms with Crippen LogP contribution in [0.5, 0.6) is 5.88 Å². The molecule has 3 aromatic heterocycles. The number of amides is 1. The minimum Gasteiger partial charge on any atom is -0.478 e. The molecule has 5 heterocycles. The lowest BCUT2D eigenvalue weighted by atomic mass is 9.52. The van der Waals surface area contributed by atoms with Gasteiger partial charge in [0.1, 0.15) is 11.6 Å². The molecule has 1 amide bonds. The second-order valence-electron chi connectivity index (χ2n) is 18.2. The van der Waals surface area contributed by atoms with Gasteiger partial charge in [-0.2, -0.15) is 0 Å². The quantitative estimate of drug-likeness (QED) is 0.110. The van der Waals surface area contributed by atoms with Crippen molar-refractivity contribution in [2.75, 3.05) is 87.7 Å². The highest BCUT2D eigenvalue weighted by atomic mass is 16.5. The molecule has 1 atom stereocenters. The standard InChI is InChI=1S/C45H70N12O3/c1-7-34(27-46)40-51-37(26-38(52-40)57-19-9-8-12-36(57)15-24-58)47-28-33-13-14-39(48-29-33)60-25-11-18-56-22-20-55(21-23-56)17-10-16-54(6)43-49-30-35(31-50-43)41(59)53-42-44(2,3)32-45(42,4)5/h13-14,26-27,29-31,36,42,58H,7-12,15-25,28,32,46H2,1-6H3,(H,53,59)(H,47,51,52). The predicted octanol–water partition coefficient (Wildman–Crippen LogP) is 5.19. The molecule has 15 nitrogen and oxygen atoms in total. The third-order valence-electron chi connectivity index (χ3n) is 12.5. The fourth-order valence-corrected chi connectivity index (χ4v) is 9.59. The Balaban J connectivity index is 0.862. The number of piperazine rings is 1. The van der Waals surface area contributed by atoms with Crippen molar-refractivity contribution in [1.82, 2.24) is 40.0 Å². The zero-order chi connectivity index (χ0) is 42.7. The molecule has 0 bridgehead atoms. The fraction of sp³-hybridized carbons (Fsp3) is 0.644. The normalized spacial score (nSPS) is 19.8. The molecule has 1 aliphatic carbocycles. The molecule has 1 unspecified atom stereocenters. The molecule has 2 aliphatic heterocycles. The number of carbonyl (C=O) groups excluding carboxylic acids is 1. The van der Waals surface area contributed by atoms with Crippen LogP contribution in [0.15, 0.2) is 43.0 Å². The first-order valence-corrected chi connectivity index (χ1v) is 22.2. The van der Waals surface area contributed by atoms with E-state index in [4.69, 9.17) is 20.4 Å². The summed E-state index contributed by atoms with van der Waals surface area (Å²) in [7, 11) is 2.01. The van der Waals surface area contributed by atoms with E-state index in [-0.39, 0.29) is 35.4 Å². The highest BCUT2D eigenvalue weighted by molar-refractivity contribution is 5.94. The molecular formula is C45H70N12O3. The number of aliphatic hydroxyl groups excluding tert-OH is 1. The molecule has 6 rings (SSSR count). The van der Waals surface area contributed by atoms with Crippen LogP contribution in [-0.4, -0.2) is 130 Å². The Hall–Kier alpha value is -4.60. The zero-order valence-electron chi connectivity index (χ0n) is 37.0. The van der Waals surface area contributed by atoms with E-state index in [1.807, 2.05) is 31.4 Å². The van der Waals surface area contributed by atoms with E-state index in [1.165, 1.54) is 0 Å². The molecule has 328 valence electrons. The highest BCUT2D eigenvalue weighted by Gasteiger charge is 2.53. The number of nitrogens with one attached hydrogen (secondary N) is 2. The van der Waals surface area contributed by atoms with Gasteiger partial charge in [0.15, 0.2) is 5.82 Å². The third-order valence-corrected chi connectivity index (χ3v) is 12.5. The van der Waals surface area contributed by atoms with Crippen LogP contribution < -0.4 is 30.9 Å². The summed E-state index contributed by atoms with van der Waals surface area (Å²) in [5.74, 6) is 3.40. The summed E-state index contributed by atoms with van der Waals surface area (Å²) < 4.78 is 6.02. The van der Waals surface area contributed by atoms with Gasteiger partial charge < -0.3 is 45.8 Å². The van der Waals surface area contributed by atoms with Crippen LogP contribution in [0.3, 0.4) is 0 Å². The lowest BCUT2D eigenvalue weighted by molar-refractivity contribution is -0.0366. The molecule has 3 aliphatic rings. The van der Waals surface area contributed by atoms with Gasteiger partial charge in [-0.15, -0.1) is 0 Å². The minimum absolute atomic E-state index is 0.0935. The average Bonchev–Trinajstić information content (AvgIpc) is 3.24. The number of anilines is 3. The van der Waals surface area contributed by atoms with Crippen LogP contribution in [0, 0.1) is 10.8 Å². The number of ether oxygens (including phenoxy) is 1. The Bertz CT molecular complexity index is 1830. The van der Waals surface area contributed by atoms with Crippen molar-refractivity contribution in [1.29, 1.82) is 0 Å². The number of hydrogen-bond acceptors (Lipinski definition) is 14. The lowest BCUT2D eigenvalue weighted by Gasteiger charge is -2.57. The number of pyridine rings is 1. The first kappa shape index (κ1) is 44.9. The molecule has 3 fully saturated rings. The van der Waals surface area contributed by atoms with Crippen LogP contribution in [-0.2, 0) is 6.54 Å². The number of allylic oxidation sites excluding steroid dienone is 1. The fourth-order valence-electron chi connectivity index (χ4n) is 9.59. The maximum atomic E-state index is 12.9. The summed E-state index contributed by atoms with van der Waals surface area (Å²) in [6.45, 7) is 20.2. The van der Waals surface area contributed by atoms with Crippen molar-refractivity contribution in [2.45, 2.75) is 105 Å². The molecular weight excluding hydrogens is 757 g/mol. The molecule has 15 heteroatoms.